The van der Waals surface area contributed by atoms with E-state index in [9.17, 15) is 4.79 Å². The first-order valence-electron chi connectivity index (χ1n) is 12.7. The van der Waals surface area contributed by atoms with Gasteiger partial charge in [0.15, 0.2) is 11.0 Å². The molecule has 0 aliphatic rings. The summed E-state index contributed by atoms with van der Waals surface area (Å²) in [6.45, 7) is 13.1. The Hall–Kier alpha value is -3.71. The van der Waals surface area contributed by atoms with Crippen LogP contribution in [-0.2, 0) is 15.6 Å². The Kier molecular flexibility index (Phi) is 8.17. The Balaban J connectivity index is 1.47. The molecule has 0 aliphatic heterocycles. The van der Waals surface area contributed by atoms with Gasteiger partial charge in [-0.3, -0.25) is 9.36 Å². The van der Waals surface area contributed by atoms with Gasteiger partial charge >= 0.3 is 0 Å². The van der Waals surface area contributed by atoms with E-state index in [-0.39, 0.29) is 22.5 Å². The highest BCUT2D eigenvalue weighted by Gasteiger charge is 2.19. The molecule has 1 N–H and O–H groups in total. The van der Waals surface area contributed by atoms with Gasteiger partial charge in [-0.1, -0.05) is 120 Å². The molecule has 3 aromatic carbocycles. The summed E-state index contributed by atoms with van der Waals surface area (Å²) in [5, 5.41) is 13.7. The maximum Gasteiger partial charge on any atom is 0.250 e. The van der Waals surface area contributed by atoms with Crippen molar-refractivity contribution in [1.29, 1.82) is 0 Å². The molecular weight excluding hydrogens is 490 g/mol. The van der Waals surface area contributed by atoms with Crippen LogP contribution in [0.1, 0.15) is 58.2 Å². The second-order valence-electron chi connectivity index (χ2n) is 11.3. The number of carbonyl (C=O) groups excluding carboxylic acids is 1. The third kappa shape index (κ3) is 6.78. The fourth-order valence-corrected chi connectivity index (χ4v) is 4.63. The van der Waals surface area contributed by atoms with Crippen LogP contribution in [0.25, 0.3) is 17.1 Å². The van der Waals surface area contributed by atoms with Crippen LogP contribution in [0.15, 0.2) is 89.1 Å². The minimum absolute atomic E-state index is 0.0678. The number of hydrogen-bond acceptors (Lipinski definition) is 5. The second-order valence-corrected chi connectivity index (χ2v) is 12.2. The Labute approximate surface area is 229 Å². The number of hydrazone groups is 1. The highest BCUT2D eigenvalue weighted by Crippen LogP contribution is 2.30. The van der Waals surface area contributed by atoms with Gasteiger partial charge in [-0.25, -0.2) is 5.43 Å². The molecule has 0 spiro atoms. The molecule has 196 valence electrons. The quantitative estimate of drug-likeness (QED) is 0.164. The molecule has 6 nitrogen and oxygen atoms in total. The lowest BCUT2D eigenvalue weighted by Gasteiger charge is -2.19. The highest BCUT2D eigenvalue weighted by atomic mass is 32.2. The van der Waals surface area contributed by atoms with E-state index in [0.29, 0.717) is 5.16 Å². The van der Waals surface area contributed by atoms with Gasteiger partial charge in [-0.2, -0.15) is 5.10 Å². The van der Waals surface area contributed by atoms with Crippen LogP contribution in [0.3, 0.4) is 0 Å². The summed E-state index contributed by atoms with van der Waals surface area (Å²) in [6, 6.07) is 26.5. The molecule has 0 saturated carbocycles. The average molecular weight is 526 g/mol. The van der Waals surface area contributed by atoms with Crippen molar-refractivity contribution in [3.05, 3.63) is 95.6 Å². The van der Waals surface area contributed by atoms with Gasteiger partial charge in [-0.05, 0) is 39.7 Å². The molecule has 4 rings (SSSR count). The Morgan fingerprint density at radius 3 is 2.00 bits per heavy atom. The molecule has 1 heterocycles. The summed E-state index contributed by atoms with van der Waals surface area (Å²) in [6.07, 6.45) is 1.65. The maximum atomic E-state index is 12.5. The van der Waals surface area contributed by atoms with E-state index in [4.69, 9.17) is 0 Å². The molecule has 7 heteroatoms. The van der Waals surface area contributed by atoms with E-state index in [1.807, 2.05) is 47.0 Å². The minimum Gasteiger partial charge on any atom is -0.272 e. The molecule has 0 saturated heterocycles. The fourth-order valence-electron chi connectivity index (χ4n) is 3.89. The zero-order valence-electron chi connectivity index (χ0n) is 22.9. The van der Waals surface area contributed by atoms with E-state index in [0.717, 1.165) is 22.6 Å². The number of para-hydroxylation sites is 1. The van der Waals surface area contributed by atoms with Crippen molar-refractivity contribution in [3.63, 3.8) is 0 Å². The van der Waals surface area contributed by atoms with Crippen LogP contribution in [0.5, 0.6) is 0 Å². The lowest BCUT2D eigenvalue weighted by atomic mass is 9.87. The average Bonchev–Trinajstić information content (AvgIpc) is 3.31. The summed E-state index contributed by atoms with van der Waals surface area (Å²) in [5.41, 5.74) is 8.11. The first-order chi connectivity index (χ1) is 18.0. The van der Waals surface area contributed by atoms with Crippen molar-refractivity contribution in [2.75, 3.05) is 5.75 Å². The predicted molar refractivity (Wildman–Crippen MR) is 157 cm³/mol. The molecule has 1 aromatic heterocycles. The van der Waals surface area contributed by atoms with Gasteiger partial charge in [0.2, 0.25) is 0 Å². The number of aromatic nitrogens is 3. The number of hydrogen-bond donors (Lipinski definition) is 1. The molecular formula is C31H35N5OS. The normalized spacial score (nSPS) is 12.2. The fraction of sp³-hybridized carbons (Fsp3) is 0.290. The number of rotatable bonds is 7. The highest BCUT2D eigenvalue weighted by molar-refractivity contribution is 7.99. The second kappa shape index (κ2) is 11.4. The van der Waals surface area contributed by atoms with E-state index >= 15 is 0 Å². The van der Waals surface area contributed by atoms with Crippen molar-refractivity contribution in [1.82, 2.24) is 20.2 Å². The molecule has 0 atom stereocenters. The molecule has 38 heavy (non-hydrogen) atoms. The van der Waals surface area contributed by atoms with E-state index in [2.05, 4.69) is 98.7 Å². The van der Waals surface area contributed by atoms with E-state index in [1.165, 1.54) is 22.9 Å². The van der Waals surface area contributed by atoms with Gasteiger partial charge in [0, 0.05) is 11.3 Å². The van der Waals surface area contributed by atoms with Crippen LogP contribution in [0, 0.1) is 0 Å². The summed E-state index contributed by atoms with van der Waals surface area (Å²) in [7, 11) is 0. The van der Waals surface area contributed by atoms with Crippen molar-refractivity contribution in [2.45, 2.75) is 57.5 Å². The number of nitrogens with zero attached hydrogens (tertiary/aromatic N) is 4. The molecule has 4 aromatic rings. The summed E-state index contributed by atoms with van der Waals surface area (Å²) < 4.78 is 1.99. The number of thioether (sulfide) groups is 1. The zero-order chi connectivity index (χ0) is 27.3. The lowest BCUT2D eigenvalue weighted by Crippen LogP contribution is -2.20. The number of nitrogens with one attached hydrogen (secondary N) is 1. The zero-order valence-corrected chi connectivity index (χ0v) is 23.7. The smallest absolute Gasteiger partial charge is 0.250 e. The largest absolute Gasteiger partial charge is 0.272 e. The topological polar surface area (TPSA) is 72.2 Å². The summed E-state index contributed by atoms with van der Waals surface area (Å²) in [5.74, 6) is 0.682. The SMILES string of the molecule is CC(C)(C)c1ccc(/C=N\NC(=O)CSc2nnc(-c3ccc(C(C)(C)C)cc3)n2-c2ccccc2)cc1. The molecule has 0 aliphatic carbocycles. The van der Waals surface area contributed by atoms with E-state index < -0.39 is 0 Å². The van der Waals surface area contributed by atoms with Gasteiger partial charge in [0.05, 0.1) is 12.0 Å². The van der Waals surface area contributed by atoms with Gasteiger partial charge < -0.3 is 0 Å². The van der Waals surface area contributed by atoms with E-state index in [1.54, 1.807) is 6.21 Å². The number of benzene rings is 3. The number of amides is 1. The monoisotopic (exact) mass is 525 g/mol. The Morgan fingerprint density at radius 1 is 0.842 bits per heavy atom. The summed E-state index contributed by atoms with van der Waals surface area (Å²) in [4.78, 5) is 12.5. The maximum absolute atomic E-state index is 12.5. The third-order valence-electron chi connectivity index (χ3n) is 6.17. The minimum atomic E-state index is -0.212. The number of carbonyl (C=O) groups is 1. The van der Waals surface area contributed by atoms with Crippen molar-refractivity contribution in [2.24, 2.45) is 5.10 Å². The van der Waals surface area contributed by atoms with Crippen LogP contribution in [-0.4, -0.2) is 32.6 Å². The van der Waals surface area contributed by atoms with Gasteiger partial charge in [-0.15, -0.1) is 10.2 Å². The summed E-state index contributed by atoms with van der Waals surface area (Å²) >= 11 is 1.33. The molecule has 1 amide bonds. The molecule has 0 bridgehead atoms. The molecule has 0 fully saturated rings. The van der Waals surface area contributed by atoms with Gasteiger partial charge in [0.25, 0.3) is 5.91 Å². The first kappa shape index (κ1) is 27.3. The van der Waals surface area contributed by atoms with Crippen LogP contribution in [0.4, 0.5) is 0 Å². The molecule has 0 unspecified atom stereocenters. The van der Waals surface area contributed by atoms with Crippen molar-refractivity contribution >= 4 is 23.9 Å². The van der Waals surface area contributed by atoms with Crippen LogP contribution >= 0.6 is 11.8 Å². The van der Waals surface area contributed by atoms with Crippen LogP contribution < -0.4 is 5.43 Å². The van der Waals surface area contributed by atoms with Crippen molar-refractivity contribution < 1.29 is 4.79 Å². The van der Waals surface area contributed by atoms with Crippen molar-refractivity contribution in [3.8, 4) is 17.1 Å². The Morgan fingerprint density at radius 2 is 1.42 bits per heavy atom. The molecule has 0 radical (unpaired) electrons. The standard InChI is InChI=1S/C31H35N5OS/c1-30(2,3)24-16-12-22(13-17-24)20-32-33-27(37)21-38-29-35-34-28(36(29)26-10-8-7-9-11-26)23-14-18-25(19-15-23)31(4,5)6/h7-20H,21H2,1-6H3,(H,33,37)/b32-20-. The lowest BCUT2D eigenvalue weighted by molar-refractivity contribution is -0.118. The van der Waals surface area contributed by atoms with Gasteiger partial charge in [0.1, 0.15) is 0 Å². The van der Waals surface area contributed by atoms with Crippen LogP contribution in [0.2, 0.25) is 0 Å². The third-order valence-corrected chi connectivity index (χ3v) is 7.10. The first-order valence-corrected chi connectivity index (χ1v) is 13.7. The Bertz CT molecular complexity index is 1390. The predicted octanol–water partition coefficient (Wildman–Crippen LogP) is 6.77.